The van der Waals surface area contributed by atoms with Gasteiger partial charge in [-0.05, 0) is 18.4 Å². The molecule has 0 saturated carbocycles. The molecule has 0 saturated heterocycles. The number of hydrogen-bond donors (Lipinski definition) is 0. The van der Waals surface area contributed by atoms with Gasteiger partial charge in [0.25, 0.3) is 0 Å². The van der Waals surface area contributed by atoms with Crippen molar-refractivity contribution in [2.75, 3.05) is 39.0 Å². The fourth-order valence-corrected chi connectivity index (χ4v) is 3.44. The van der Waals surface area contributed by atoms with Crippen LogP contribution in [0.2, 0.25) is 5.15 Å². The zero-order valence-electron chi connectivity index (χ0n) is 14.8. The summed E-state index contributed by atoms with van der Waals surface area (Å²) in [5.74, 6) is 1.29. The van der Waals surface area contributed by atoms with E-state index in [1.165, 1.54) is 11.8 Å². The van der Waals surface area contributed by atoms with E-state index in [9.17, 15) is 4.79 Å². The van der Waals surface area contributed by atoms with Crippen LogP contribution in [0.15, 0.2) is 23.4 Å². The Bertz CT molecular complexity index is 849. The molecule has 7 nitrogen and oxygen atoms in total. The Morgan fingerprint density at radius 1 is 1.27 bits per heavy atom. The standard InChI is InChI=1S/C17H18ClN3O4S/c1-21-8-12(22)25-14(9-5-6-10(23-2)11(7-9)24-3)13-15(18)19-17(26-4)20-16(13)21/h5-7,14H,8H2,1-4H3. The Morgan fingerprint density at radius 3 is 2.65 bits per heavy atom. The van der Waals surface area contributed by atoms with Gasteiger partial charge in [-0.25, -0.2) is 9.97 Å². The molecule has 26 heavy (non-hydrogen) atoms. The number of benzene rings is 1. The van der Waals surface area contributed by atoms with E-state index in [0.29, 0.717) is 33.6 Å². The number of aromatic nitrogens is 2. The highest BCUT2D eigenvalue weighted by Crippen LogP contribution is 2.41. The summed E-state index contributed by atoms with van der Waals surface area (Å²) < 4.78 is 16.3. The minimum absolute atomic E-state index is 0.0674. The second-order valence-electron chi connectivity index (χ2n) is 5.58. The van der Waals surface area contributed by atoms with Crippen LogP contribution in [0.25, 0.3) is 0 Å². The van der Waals surface area contributed by atoms with E-state index in [-0.39, 0.29) is 17.7 Å². The Morgan fingerprint density at radius 2 is 2.00 bits per heavy atom. The number of carbonyl (C=O) groups excluding carboxylic acids is 1. The van der Waals surface area contributed by atoms with Crippen molar-refractivity contribution < 1.29 is 19.0 Å². The highest BCUT2D eigenvalue weighted by molar-refractivity contribution is 7.98. The molecular weight excluding hydrogens is 378 g/mol. The monoisotopic (exact) mass is 395 g/mol. The van der Waals surface area contributed by atoms with E-state index in [1.54, 1.807) is 44.4 Å². The van der Waals surface area contributed by atoms with Crippen molar-refractivity contribution in [3.63, 3.8) is 0 Å². The quantitative estimate of drug-likeness (QED) is 0.338. The van der Waals surface area contributed by atoms with E-state index in [0.717, 1.165) is 0 Å². The number of anilines is 1. The van der Waals surface area contributed by atoms with Crippen molar-refractivity contribution in [3.8, 4) is 11.5 Å². The Kier molecular flexibility index (Phi) is 5.43. The molecular formula is C17H18ClN3O4S. The lowest BCUT2D eigenvalue weighted by atomic mass is 10.0. The van der Waals surface area contributed by atoms with Crippen LogP contribution in [0.4, 0.5) is 5.82 Å². The maximum atomic E-state index is 12.3. The number of rotatable bonds is 4. The Hall–Kier alpha value is -2.19. The number of halogens is 1. The van der Waals surface area contributed by atoms with Crippen LogP contribution in [0.5, 0.6) is 11.5 Å². The van der Waals surface area contributed by atoms with Crippen molar-refractivity contribution in [2.45, 2.75) is 11.3 Å². The first-order valence-corrected chi connectivity index (χ1v) is 9.32. The number of methoxy groups -OCH3 is 2. The van der Waals surface area contributed by atoms with Crippen molar-refractivity contribution >= 4 is 35.1 Å². The predicted molar refractivity (Wildman–Crippen MR) is 99.6 cm³/mol. The number of hydrogen-bond acceptors (Lipinski definition) is 8. The first-order chi connectivity index (χ1) is 12.5. The second-order valence-corrected chi connectivity index (χ2v) is 6.71. The number of cyclic esters (lactones) is 1. The highest BCUT2D eigenvalue weighted by atomic mass is 35.5. The number of thioether (sulfide) groups is 1. The lowest BCUT2D eigenvalue weighted by Gasteiger charge is -2.21. The van der Waals surface area contributed by atoms with Crippen molar-refractivity contribution in [1.82, 2.24) is 9.97 Å². The average molecular weight is 396 g/mol. The van der Waals surface area contributed by atoms with Gasteiger partial charge in [-0.3, -0.25) is 4.79 Å². The number of esters is 1. The molecule has 1 aliphatic rings. The molecule has 138 valence electrons. The molecule has 1 atom stereocenters. The third kappa shape index (κ3) is 3.39. The molecule has 0 fully saturated rings. The summed E-state index contributed by atoms with van der Waals surface area (Å²) in [7, 11) is 4.87. The SMILES string of the molecule is COc1ccc(C2OC(=O)CN(C)c3nc(SC)nc(Cl)c32)cc1OC. The largest absolute Gasteiger partial charge is 0.493 e. The third-order valence-electron chi connectivity index (χ3n) is 3.99. The molecule has 1 aromatic carbocycles. The molecule has 1 aromatic heterocycles. The van der Waals surface area contributed by atoms with Crippen LogP contribution >= 0.6 is 23.4 Å². The second kappa shape index (κ2) is 7.59. The minimum atomic E-state index is -0.745. The number of ether oxygens (including phenoxy) is 3. The van der Waals surface area contributed by atoms with Gasteiger partial charge in [-0.2, -0.15) is 0 Å². The zero-order chi connectivity index (χ0) is 18.8. The summed E-state index contributed by atoms with van der Waals surface area (Å²) in [5, 5.41) is 0.779. The van der Waals surface area contributed by atoms with E-state index < -0.39 is 6.10 Å². The van der Waals surface area contributed by atoms with Crippen LogP contribution in [-0.2, 0) is 9.53 Å². The third-order valence-corrected chi connectivity index (χ3v) is 4.83. The highest BCUT2D eigenvalue weighted by Gasteiger charge is 2.33. The Labute approximate surface area is 160 Å². The van der Waals surface area contributed by atoms with Crippen LogP contribution in [0, 0.1) is 0 Å². The van der Waals surface area contributed by atoms with E-state index in [2.05, 4.69) is 9.97 Å². The molecule has 9 heteroatoms. The zero-order valence-corrected chi connectivity index (χ0v) is 16.3. The molecule has 0 amide bonds. The van der Waals surface area contributed by atoms with Crippen LogP contribution in [0.3, 0.4) is 0 Å². The van der Waals surface area contributed by atoms with E-state index >= 15 is 0 Å². The summed E-state index contributed by atoms with van der Waals surface area (Å²) in [6.07, 6.45) is 1.12. The lowest BCUT2D eigenvalue weighted by Crippen LogP contribution is -2.25. The van der Waals surface area contributed by atoms with Crippen LogP contribution < -0.4 is 14.4 Å². The molecule has 0 bridgehead atoms. The number of nitrogens with zero attached hydrogens (tertiary/aromatic N) is 3. The normalized spacial score (nSPS) is 16.6. The molecule has 0 aliphatic carbocycles. The molecule has 3 rings (SSSR count). The summed E-state index contributed by atoms with van der Waals surface area (Å²) in [4.78, 5) is 22.8. The van der Waals surface area contributed by atoms with Crippen LogP contribution in [0.1, 0.15) is 17.2 Å². The van der Waals surface area contributed by atoms with Gasteiger partial charge in [-0.15, -0.1) is 0 Å². The predicted octanol–water partition coefficient (Wildman–Crippen LogP) is 2.95. The van der Waals surface area contributed by atoms with Crippen molar-refractivity contribution in [1.29, 1.82) is 0 Å². The van der Waals surface area contributed by atoms with E-state index in [1.807, 2.05) is 6.26 Å². The average Bonchev–Trinajstić information content (AvgIpc) is 2.77. The molecule has 1 unspecified atom stereocenters. The molecule has 0 spiro atoms. The number of carbonyl (C=O) groups is 1. The number of likely N-dealkylation sites (N-methyl/N-ethyl adjacent to an activating group) is 1. The van der Waals surface area contributed by atoms with Gasteiger partial charge in [0.05, 0.1) is 19.8 Å². The first-order valence-electron chi connectivity index (χ1n) is 7.72. The lowest BCUT2D eigenvalue weighted by molar-refractivity contribution is -0.145. The molecule has 2 heterocycles. The molecule has 2 aromatic rings. The van der Waals surface area contributed by atoms with Crippen molar-refractivity contribution in [2.24, 2.45) is 0 Å². The molecule has 0 N–H and O–H groups in total. The van der Waals surface area contributed by atoms with E-state index in [4.69, 9.17) is 25.8 Å². The van der Waals surface area contributed by atoms with Crippen LogP contribution in [-0.4, -0.2) is 50.0 Å². The van der Waals surface area contributed by atoms with Gasteiger partial charge in [0.15, 0.2) is 22.8 Å². The summed E-state index contributed by atoms with van der Waals surface area (Å²) >= 11 is 7.83. The summed E-state index contributed by atoms with van der Waals surface area (Å²) in [5.41, 5.74) is 1.24. The molecule has 1 aliphatic heterocycles. The summed E-state index contributed by atoms with van der Waals surface area (Å²) in [6, 6.07) is 5.30. The van der Waals surface area contributed by atoms with Gasteiger partial charge < -0.3 is 19.1 Å². The smallest absolute Gasteiger partial charge is 0.326 e. The fourth-order valence-electron chi connectivity index (χ4n) is 2.77. The first kappa shape index (κ1) is 18.6. The minimum Gasteiger partial charge on any atom is -0.493 e. The van der Waals surface area contributed by atoms with Gasteiger partial charge in [-0.1, -0.05) is 29.4 Å². The Balaban J connectivity index is 2.18. The fraction of sp³-hybridized carbons (Fsp3) is 0.353. The van der Waals surface area contributed by atoms with Gasteiger partial charge in [0.2, 0.25) is 0 Å². The van der Waals surface area contributed by atoms with Gasteiger partial charge >= 0.3 is 5.97 Å². The molecule has 0 radical (unpaired) electrons. The van der Waals surface area contributed by atoms with Crippen molar-refractivity contribution in [3.05, 3.63) is 34.5 Å². The maximum absolute atomic E-state index is 12.3. The number of fused-ring (bicyclic) bond motifs is 1. The summed E-state index contributed by atoms with van der Waals surface area (Å²) in [6.45, 7) is 0.0674. The van der Waals surface area contributed by atoms with Gasteiger partial charge in [0, 0.05) is 12.6 Å². The van der Waals surface area contributed by atoms with Gasteiger partial charge in [0.1, 0.15) is 17.5 Å². The maximum Gasteiger partial charge on any atom is 0.326 e. The topological polar surface area (TPSA) is 73.8 Å².